The molecule has 1 saturated carbocycles. The molecule has 5 aromatic rings. The number of carbonyl (C=O) groups is 5. The van der Waals surface area contributed by atoms with Crippen LogP contribution in [0.25, 0.3) is 10.9 Å². The monoisotopic (exact) mass is 911 g/mol. The number of aromatic nitrogens is 2. The number of piperazine rings is 1. The van der Waals surface area contributed by atoms with Crippen LogP contribution in [-0.2, 0) is 20.7 Å². The molecule has 1 spiro atoms. The van der Waals surface area contributed by atoms with E-state index in [-0.39, 0.29) is 30.2 Å². The molecule has 5 fully saturated rings. The van der Waals surface area contributed by atoms with Crippen LogP contribution in [0.1, 0.15) is 87.1 Å². The minimum Gasteiger partial charge on any atom is -0.381 e. The highest BCUT2D eigenvalue weighted by Crippen LogP contribution is 2.51. The van der Waals surface area contributed by atoms with Gasteiger partial charge < -0.3 is 25.2 Å². The van der Waals surface area contributed by atoms with Crippen molar-refractivity contribution in [2.24, 2.45) is 5.41 Å². The van der Waals surface area contributed by atoms with Crippen molar-refractivity contribution in [1.82, 2.24) is 25.3 Å². The number of halogens is 2. The first-order valence-electron chi connectivity index (χ1n) is 23.3. The number of carbonyl (C=O) groups excluding carboxylic acids is 5. The van der Waals surface area contributed by atoms with Gasteiger partial charge in [-0.2, -0.15) is 5.10 Å². The van der Waals surface area contributed by atoms with E-state index in [0.717, 1.165) is 110 Å². The number of anilines is 4. The van der Waals surface area contributed by atoms with E-state index < -0.39 is 41.3 Å². The van der Waals surface area contributed by atoms with Crippen LogP contribution in [0.15, 0.2) is 72.8 Å². The molecule has 4 aromatic carbocycles. The summed E-state index contributed by atoms with van der Waals surface area (Å²) in [5, 5.41) is 17.0. The standard InChI is InChI=1S/C50H51F2N9O6/c51-31-20-30(21-32(52)23-31)19-29-1-6-41-40(22-29)45(57-56-41)55-46(63)38-5-3-35(25-42(38)53-33-9-17-67-18-10-33)58-13-15-59(16-14-58)36-26-50(27-36)11-12-60(28-50)34-2-4-37-39(24-34)49(66)61(48(37)65)43-7-8-44(62)54-47(43)64/h1-6,20-25,33,36,43,53H,7-19,26-28H2,(H,54,62,64)(H2,55,56,57,63). The topological polar surface area (TPSA) is 172 Å². The Bertz CT molecular complexity index is 2810. The zero-order chi connectivity index (χ0) is 46.0. The number of piperidine rings is 1. The molecule has 5 amide bonds. The third-order valence-electron chi connectivity index (χ3n) is 14.8. The van der Waals surface area contributed by atoms with Crippen molar-refractivity contribution < 1.29 is 37.5 Å². The van der Waals surface area contributed by atoms with Gasteiger partial charge in [-0.15, -0.1) is 0 Å². The van der Waals surface area contributed by atoms with E-state index in [1.54, 1.807) is 12.1 Å². The zero-order valence-electron chi connectivity index (χ0n) is 36.9. The third-order valence-corrected chi connectivity index (χ3v) is 14.8. The SMILES string of the molecule is O=C1CCC(N2C(=O)c3ccc(N4CCC5(CC(N6CCN(c7ccc(C(=O)Nc8n[nH]c9ccc(Cc%10cc(F)cc(F)c%10)cc89)c(NC8CCOCC8)c7)CC6)C5)C4)cc3C2=O)C(=O)N1. The van der Waals surface area contributed by atoms with E-state index in [1.165, 1.54) is 12.1 Å². The maximum Gasteiger partial charge on any atom is 0.262 e. The third kappa shape index (κ3) is 8.28. The molecule has 6 aliphatic rings. The lowest BCUT2D eigenvalue weighted by molar-refractivity contribution is -0.136. The molecule has 4 N–H and O–H groups in total. The Labute approximate surface area is 385 Å². The molecule has 15 nitrogen and oxygen atoms in total. The number of ether oxygens (including phenoxy) is 1. The van der Waals surface area contributed by atoms with E-state index in [0.29, 0.717) is 59.1 Å². The average Bonchev–Trinajstić information content (AvgIpc) is 4.00. The van der Waals surface area contributed by atoms with Crippen LogP contribution in [0, 0.1) is 17.0 Å². The van der Waals surface area contributed by atoms with Gasteiger partial charge in [0.25, 0.3) is 17.7 Å². The molecular weight excluding hydrogens is 861 g/mol. The highest BCUT2D eigenvalue weighted by Gasteiger charge is 2.51. The van der Waals surface area contributed by atoms with Gasteiger partial charge in [-0.05, 0) is 122 Å². The average molecular weight is 912 g/mol. The van der Waals surface area contributed by atoms with E-state index in [2.05, 4.69) is 46.9 Å². The first-order chi connectivity index (χ1) is 32.5. The molecular formula is C50H51F2N9O6. The van der Waals surface area contributed by atoms with Crippen molar-refractivity contribution in [1.29, 1.82) is 0 Å². The Balaban J connectivity index is 0.722. The van der Waals surface area contributed by atoms with Gasteiger partial charge in [0.2, 0.25) is 11.8 Å². The predicted molar refractivity (Wildman–Crippen MR) is 246 cm³/mol. The molecule has 1 unspecified atom stereocenters. The van der Waals surface area contributed by atoms with Crippen molar-refractivity contribution in [3.8, 4) is 0 Å². The number of aromatic amines is 1. The largest absolute Gasteiger partial charge is 0.381 e. The molecule has 17 heteroatoms. The van der Waals surface area contributed by atoms with Crippen molar-refractivity contribution >= 4 is 63.3 Å². The molecule has 1 aliphatic carbocycles. The number of fused-ring (bicyclic) bond motifs is 2. The number of rotatable bonds is 10. The summed E-state index contributed by atoms with van der Waals surface area (Å²) in [7, 11) is 0. The van der Waals surface area contributed by atoms with Crippen LogP contribution < -0.4 is 25.8 Å². The van der Waals surface area contributed by atoms with Crippen molar-refractivity contribution in [3.63, 3.8) is 0 Å². The fourth-order valence-corrected chi connectivity index (χ4v) is 11.2. The van der Waals surface area contributed by atoms with E-state index in [4.69, 9.17) is 4.74 Å². The maximum atomic E-state index is 14.1. The lowest BCUT2D eigenvalue weighted by Gasteiger charge is -2.52. The summed E-state index contributed by atoms with van der Waals surface area (Å²) in [6.07, 6.45) is 5.41. The van der Waals surface area contributed by atoms with Crippen molar-refractivity contribution in [2.45, 2.75) is 69.5 Å². The fraction of sp³-hybridized carbons (Fsp3) is 0.400. The van der Waals surface area contributed by atoms with Crippen LogP contribution in [0.3, 0.4) is 0 Å². The van der Waals surface area contributed by atoms with E-state index in [9.17, 15) is 32.8 Å². The van der Waals surface area contributed by atoms with Gasteiger partial charge in [-0.3, -0.25) is 44.2 Å². The van der Waals surface area contributed by atoms with Crippen LogP contribution >= 0.6 is 0 Å². The highest BCUT2D eigenvalue weighted by atomic mass is 19.1. The van der Waals surface area contributed by atoms with Crippen molar-refractivity contribution in [3.05, 3.63) is 112 Å². The van der Waals surface area contributed by atoms with Crippen LogP contribution in [0.4, 0.5) is 31.7 Å². The van der Waals surface area contributed by atoms with Crippen LogP contribution in [-0.4, -0.2) is 120 Å². The molecule has 346 valence electrons. The lowest BCUT2D eigenvalue weighted by Crippen LogP contribution is -2.57. The fourth-order valence-electron chi connectivity index (χ4n) is 11.2. The van der Waals surface area contributed by atoms with Gasteiger partial charge >= 0.3 is 0 Å². The molecule has 4 saturated heterocycles. The maximum absolute atomic E-state index is 14.1. The van der Waals surface area contributed by atoms with E-state index >= 15 is 0 Å². The van der Waals surface area contributed by atoms with Crippen molar-refractivity contribution in [2.75, 3.05) is 72.9 Å². The molecule has 6 heterocycles. The second-order valence-electron chi connectivity index (χ2n) is 19.1. The van der Waals surface area contributed by atoms with Gasteiger partial charge in [0.05, 0.1) is 22.2 Å². The van der Waals surface area contributed by atoms with Gasteiger partial charge in [-0.25, -0.2) is 8.78 Å². The lowest BCUT2D eigenvalue weighted by atomic mass is 9.64. The molecule has 67 heavy (non-hydrogen) atoms. The summed E-state index contributed by atoms with van der Waals surface area (Å²) < 4.78 is 33.5. The number of nitrogens with zero attached hydrogens (tertiary/aromatic N) is 5. The summed E-state index contributed by atoms with van der Waals surface area (Å²) in [5.74, 6) is -3.20. The summed E-state index contributed by atoms with van der Waals surface area (Å²) >= 11 is 0. The number of hydrogen-bond acceptors (Lipinski definition) is 11. The Morgan fingerprint density at radius 3 is 2.31 bits per heavy atom. The molecule has 11 rings (SSSR count). The van der Waals surface area contributed by atoms with Gasteiger partial charge in [-0.1, -0.05) is 6.07 Å². The van der Waals surface area contributed by atoms with E-state index in [1.807, 2.05) is 36.4 Å². The Kier molecular flexibility index (Phi) is 11.0. The highest BCUT2D eigenvalue weighted by molar-refractivity contribution is 6.23. The Hall–Kier alpha value is -6.72. The molecule has 1 atom stereocenters. The van der Waals surface area contributed by atoms with Crippen LogP contribution in [0.2, 0.25) is 0 Å². The summed E-state index contributed by atoms with van der Waals surface area (Å²) in [6.45, 7) is 6.56. The smallest absolute Gasteiger partial charge is 0.262 e. The first kappa shape index (κ1) is 42.9. The Morgan fingerprint density at radius 1 is 0.791 bits per heavy atom. The minimum absolute atomic E-state index is 0.0817. The van der Waals surface area contributed by atoms with Crippen LogP contribution in [0.5, 0.6) is 0 Å². The summed E-state index contributed by atoms with van der Waals surface area (Å²) in [6, 6.07) is 20.1. The number of hydrogen-bond donors (Lipinski definition) is 4. The number of amides is 5. The number of H-pyrrole nitrogens is 1. The molecule has 1 aromatic heterocycles. The van der Waals surface area contributed by atoms with Gasteiger partial charge in [0.15, 0.2) is 5.82 Å². The minimum atomic E-state index is -0.988. The molecule has 5 aliphatic heterocycles. The Morgan fingerprint density at radius 2 is 1.54 bits per heavy atom. The normalized spacial score (nSPS) is 23.5. The second-order valence-corrected chi connectivity index (χ2v) is 19.1. The van der Waals surface area contributed by atoms with Gasteiger partial charge in [0.1, 0.15) is 17.7 Å². The zero-order valence-corrected chi connectivity index (χ0v) is 36.9. The second kappa shape index (κ2) is 17.2. The predicted octanol–water partition coefficient (Wildman–Crippen LogP) is 5.86. The molecule has 0 radical (unpaired) electrons. The quantitative estimate of drug-likeness (QED) is 0.124. The summed E-state index contributed by atoms with van der Waals surface area (Å²) in [5.41, 5.74) is 6.01. The molecule has 0 bridgehead atoms. The number of benzene rings is 4. The number of nitrogens with one attached hydrogen (secondary N) is 4. The first-order valence-corrected chi connectivity index (χ1v) is 23.3. The summed E-state index contributed by atoms with van der Waals surface area (Å²) in [4.78, 5) is 73.4. The number of imide groups is 2. The van der Waals surface area contributed by atoms with Gasteiger partial charge in [0, 0.05) is 99.5 Å².